The van der Waals surface area contributed by atoms with Gasteiger partial charge in [-0.1, -0.05) is 24.6 Å². The Kier molecular flexibility index (Phi) is 2.79. The van der Waals surface area contributed by atoms with Crippen LogP contribution in [0, 0.1) is 6.92 Å². The first-order chi connectivity index (χ1) is 7.49. The smallest absolute Gasteiger partial charge is 0.118 e. The monoisotopic (exact) mass is 216 g/mol. The maximum Gasteiger partial charge on any atom is 0.118 e. The fourth-order valence-electron chi connectivity index (χ4n) is 2.68. The zero-order valence-electron chi connectivity index (χ0n) is 10.5. The van der Waals surface area contributed by atoms with Crippen molar-refractivity contribution < 1.29 is 5.11 Å². The average molecular weight is 216 g/mol. The number of benzene rings is 1. The third-order valence-corrected chi connectivity index (χ3v) is 3.47. The summed E-state index contributed by atoms with van der Waals surface area (Å²) in [4.78, 5) is 0. The molecule has 0 bridgehead atoms. The largest absolute Gasteiger partial charge is 0.508 e. The molecule has 1 heteroatoms. The predicted octanol–water partition coefficient (Wildman–Crippen LogP) is 4.26. The Bertz CT molecular complexity index is 439. The highest BCUT2D eigenvalue weighted by Crippen LogP contribution is 2.44. The molecule has 1 aromatic rings. The lowest BCUT2D eigenvalue weighted by atomic mass is 9.97. The topological polar surface area (TPSA) is 20.2 Å². The van der Waals surface area contributed by atoms with Crippen LogP contribution in [0.5, 0.6) is 5.75 Å². The molecule has 1 nitrogen and oxygen atoms in total. The molecule has 2 rings (SSSR count). The quantitative estimate of drug-likeness (QED) is 0.695. The Morgan fingerprint density at radius 2 is 2.00 bits per heavy atom. The second kappa shape index (κ2) is 3.97. The summed E-state index contributed by atoms with van der Waals surface area (Å²) in [5.74, 6) is 1.53. The van der Waals surface area contributed by atoms with Crippen molar-refractivity contribution in [1.82, 2.24) is 0 Å². The third kappa shape index (κ3) is 1.87. The first-order valence-corrected chi connectivity index (χ1v) is 5.97. The minimum Gasteiger partial charge on any atom is -0.508 e. The molecule has 0 amide bonds. The Hall–Kier alpha value is -1.24. The molecule has 1 aliphatic carbocycles. The van der Waals surface area contributed by atoms with Crippen molar-refractivity contribution in [3.63, 3.8) is 0 Å². The fourth-order valence-corrected chi connectivity index (χ4v) is 2.68. The molecule has 86 valence electrons. The lowest BCUT2D eigenvalue weighted by Crippen LogP contribution is -1.91. The van der Waals surface area contributed by atoms with E-state index in [-0.39, 0.29) is 0 Å². The SMILES string of the molecule is CC(C)=C[C@@H]1C[C@H](C)c2cc(O)c(C)cc21. The van der Waals surface area contributed by atoms with Crippen molar-refractivity contribution in [3.8, 4) is 5.75 Å². The number of hydrogen-bond acceptors (Lipinski definition) is 1. The lowest BCUT2D eigenvalue weighted by molar-refractivity contribution is 0.470. The van der Waals surface area contributed by atoms with E-state index in [1.807, 2.05) is 13.0 Å². The molecule has 0 spiro atoms. The van der Waals surface area contributed by atoms with E-state index < -0.39 is 0 Å². The molecule has 0 saturated carbocycles. The molecular weight excluding hydrogens is 196 g/mol. The highest BCUT2D eigenvalue weighted by molar-refractivity contribution is 5.48. The number of hydrogen-bond donors (Lipinski definition) is 1. The normalized spacial score (nSPS) is 23.0. The van der Waals surface area contributed by atoms with E-state index in [2.05, 4.69) is 32.9 Å². The highest BCUT2D eigenvalue weighted by Gasteiger charge is 2.27. The van der Waals surface area contributed by atoms with Crippen LogP contribution >= 0.6 is 0 Å². The van der Waals surface area contributed by atoms with Crippen LogP contribution in [0.3, 0.4) is 0 Å². The van der Waals surface area contributed by atoms with Gasteiger partial charge < -0.3 is 5.11 Å². The summed E-state index contributed by atoms with van der Waals surface area (Å²) in [5, 5.41) is 9.75. The van der Waals surface area contributed by atoms with Crippen LogP contribution in [0.1, 0.15) is 55.7 Å². The van der Waals surface area contributed by atoms with Crippen LogP contribution in [0.4, 0.5) is 0 Å². The summed E-state index contributed by atoms with van der Waals surface area (Å²) < 4.78 is 0. The lowest BCUT2D eigenvalue weighted by Gasteiger charge is -2.09. The Morgan fingerprint density at radius 1 is 1.31 bits per heavy atom. The molecule has 1 N–H and O–H groups in total. The van der Waals surface area contributed by atoms with Crippen LogP contribution in [0.15, 0.2) is 23.8 Å². The molecule has 0 unspecified atom stereocenters. The van der Waals surface area contributed by atoms with Crippen LogP contribution in [0.25, 0.3) is 0 Å². The molecule has 0 radical (unpaired) electrons. The maximum absolute atomic E-state index is 9.75. The number of rotatable bonds is 1. The number of aryl methyl sites for hydroxylation is 1. The Morgan fingerprint density at radius 3 is 2.62 bits per heavy atom. The van der Waals surface area contributed by atoms with Crippen molar-refractivity contribution in [2.75, 3.05) is 0 Å². The van der Waals surface area contributed by atoms with Crippen molar-refractivity contribution in [2.45, 2.75) is 46.0 Å². The van der Waals surface area contributed by atoms with Gasteiger partial charge in [0.2, 0.25) is 0 Å². The third-order valence-electron chi connectivity index (χ3n) is 3.47. The summed E-state index contributed by atoms with van der Waals surface area (Å²) >= 11 is 0. The van der Waals surface area contributed by atoms with Gasteiger partial charge in [0.25, 0.3) is 0 Å². The zero-order valence-corrected chi connectivity index (χ0v) is 10.5. The molecule has 1 aromatic carbocycles. The molecular formula is C15H20O. The Labute approximate surface area is 97.8 Å². The first-order valence-electron chi connectivity index (χ1n) is 5.97. The minimum absolute atomic E-state index is 0.434. The van der Waals surface area contributed by atoms with Crippen LogP contribution < -0.4 is 0 Å². The van der Waals surface area contributed by atoms with Gasteiger partial charge in [-0.25, -0.2) is 0 Å². The molecule has 0 heterocycles. The molecule has 0 saturated heterocycles. The summed E-state index contributed by atoms with van der Waals surface area (Å²) in [7, 11) is 0. The summed E-state index contributed by atoms with van der Waals surface area (Å²) in [6.07, 6.45) is 3.52. The van der Waals surface area contributed by atoms with Crippen molar-refractivity contribution in [1.29, 1.82) is 0 Å². The molecule has 0 aromatic heterocycles. The van der Waals surface area contributed by atoms with Gasteiger partial charge in [0.05, 0.1) is 0 Å². The van der Waals surface area contributed by atoms with Crippen molar-refractivity contribution in [3.05, 3.63) is 40.5 Å². The van der Waals surface area contributed by atoms with E-state index in [0.717, 1.165) is 5.56 Å². The average Bonchev–Trinajstić information content (AvgIpc) is 2.44. The van der Waals surface area contributed by atoms with Gasteiger partial charge in [-0.2, -0.15) is 0 Å². The van der Waals surface area contributed by atoms with E-state index in [9.17, 15) is 5.11 Å². The summed E-state index contributed by atoms with van der Waals surface area (Å²) in [6, 6.07) is 4.10. The predicted molar refractivity (Wildman–Crippen MR) is 68.0 cm³/mol. The second-order valence-electron chi connectivity index (χ2n) is 5.25. The highest BCUT2D eigenvalue weighted by atomic mass is 16.3. The number of phenols is 1. The van der Waals surface area contributed by atoms with Gasteiger partial charge in [-0.3, -0.25) is 0 Å². The number of aromatic hydroxyl groups is 1. The summed E-state index contributed by atoms with van der Waals surface area (Å²) in [5.41, 5.74) is 5.09. The van der Waals surface area contributed by atoms with Gasteiger partial charge in [0, 0.05) is 5.92 Å². The summed E-state index contributed by atoms with van der Waals surface area (Å²) in [6.45, 7) is 8.51. The molecule has 1 aliphatic rings. The van der Waals surface area contributed by atoms with E-state index in [0.29, 0.717) is 17.6 Å². The van der Waals surface area contributed by atoms with E-state index in [4.69, 9.17) is 0 Å². The van der Waals surface area contributed by atoms with E-state index >= 15 is 0 Å². The van der Waals surface area contributed by atoms with Gasteiger partial charge in [0.15, 0.2) is 0 Å². The molecule has 16 heavy (non-hydrogen) atoms. The van der Waals surface area contributed by atoms with Gasteiger partial charge in [0.1, 0.15) is 5.75 Å². The Balaban J connectivity index is 2.49. The van der Waals surface area contributed by atoms with Crippen LogP contribution in [-0.2, 0) is 0 Å². The van der Waals surface area contributed by atoms with Crippen LogP contribution in [0.2, 0.25) is 0 Å². The first kappa shape index (κ1) is 11.3. The van der Waals surface area contributed by atoms with Gasteiger partial charge in [-0.15, -0.1) is 0 Å². The standard InChI is InChI=1S/C15H20O/c1-9(2)5-12-6-10(3)13-8-15(16)11(4)7-14(12)13/h5,7-8,10,12,16H,6H2,1-4H3/t10-,12+/m0/s1. The fraction of sp³-hybridized carbons (Fsp3) is 0.467. The van der Waals surface area contributed by atoms with Crippen molar-refractivity contribution in [2.24, 2.45) is 0 Å². The van der Waals surface area contributed by atoms with Crippen LogP contribution in [-0.4, -0.2) is 5.11 Å². The van der Waals surface area contributed by atoms with Gasteiger partial charge in [-0.05, 0) is 55.9 Å². The second-order valence-corrected chi connectivity index (χ2v) is 5.25. The number of phenolic OH excluding ortho intramolecular Hbond substituents is 1. The maximum atomic E-state index is 9.75. The number of fused-ring (bicyclic) bond motifs is 1. The number of allylic oxidation sites excluding steroid dienone is 2. The molecule has 0 fully saturated rings. The minimum atomic E-state index is 0.434. The van der Waals surface area contributed by atoms with Gasteiger partial charge >= 0.3 is 0 Å². The zero-order chi connectivity index (χ0) is 11.9. The van der Waals surface area contributed by atoms with E-state index in [1.165, 1.54) is 23.1 Å². The van der Waals surface area contributed by atoms with Crippen molar-refractivity contribution >= 4 is 0 Å². The molecule has 2 atom stereocenters. The van der Waals surface area contributed by atoms with E-state index in [1.54, 1.807) is 0 Å². The molecule has 0 aliphatic heterocycles.